The van der Waals surface area contributed by atoms with Crippen LogP contribution in [0.1, 0.15) is 71.6 Å². The summed E-state index contributed by atoms with van der Waals surface area (Å²) in [5, 5.41) is 0. The van der Waals surface area contributed by atoms with Crippen molar-refractivity contribution in [1.29, 1.82) is 0 Å². The van der Waals surface area contributed by atoms with E-state index in [2.05, 4.69) is 32.1 Å². The van der Waals surface area contributed by atoms with Gasteiger partial charge in [-0.3, -0.25) is 0 Å². The minimum atomic E-state index is 0.811. The van der Waals surface area contributed by atoms with Crippen molar-refractivity contribution in [2.24, 2.45) is 29.6 Å². The van der Waals surface area contributed by atoms with Crippen LogP contribution >= 0.6 is 0 Å². The maximum atomic E-state index is 5.77. The zero-order chi connectivity index (χ0) is 16.5. The predicted octanol–water partition coefficient (Wildman–Crippen LogP) is 6.43. The third-order valence-electron chi connectivity index (χ3n) is 7.21. The second-order valence-corrected chi connectivity index (χ2v) is 9.09. The van der Waals surface area contributed by atoms with Crippen LogP contribution in [-0.4, -0.2) is 6.61 Å². The summed E-state index contributed by atoms with van der Waals surface area (Å²) in [6.07, 6.45) is 19.6. The smallest absolute Gasteiger partial charge is 0.122 e. The van der Waals surface area contributed by atoms with E-state index in [0.29, 0.717) is 0 Å². The molecule has 0 aromatic heterocycles. The van der Waals surface area contributed by atoms with Crippen LogP contribution in [0.3, 0.4) is 0 Å². The van der Waals surface area contributed by atoms with Gasteiger partial charge in [0.15, 0.2) is 0 Å². The molecule has 24 heavy (non-hydrogen) atoms. The minimum absolute atomic E-state index is 0.811. The third-order valence-corrected chi connectivity index (χ3v) is 7.21. The van der Waals surface area contributed by atoms with E-state index in [-0.39, 0.29) is 0 Å². The summed E-state index contributed by atoms with van der Waals surface area (Å²) in [5.41, 5.74) is 3.12. The second-order valence-electron chi connectivity index (χ2n) is 9.09. The van der Waals surface area contributed by atoms with E-state index in [4.69, 9.17) is 4.74 Å². The Morgan fingerprint density at radius 1 is 0.875 bits per heavy atom. The van der Waals surface area contributed by atoms with Gasteiger partial charge in [-0.25, -0.2) is 0 Å². The van der Waals surface area contributed by atoms with E-state index in [9.17, 15) is 0 Å². The van der Waals surface area contributed by atoms with E-state index in [1.807, 2.05) is 0 Å². The molecule has 1 saturated heterocycles. The van der Waals surface area contributed by atoms with Crippen LogP contribution in [0.5, 0.6) is 0 Å². The molecule has 0 N–H and O–H groups in total. The molecule has 4 aliphatic rings. The quantitative estimate of drug-likeness (QED) is 0.568. The summed E-state index contributed by atoms with van der Waals surface area (Å²) in [7, 11) is 0. The van der Waals surface area contributed by atoms with Gasteiger partial charge in [0.05, 0.1) is 6.61 Å². The van der Waals surface area contributed by atoms with Crippen LogP contribution < -0.4 is 0 Å². The Morgan fingerprint density at radius 3 is 2.54 bits per heavy atom. The maximum absolute atomic E-state index is 5.77. The molecular formula is C23H34O. The fourth-order valence-electron chi connectivity index (χ4n) is 5.74. The number of hydrogen-bond donors (Lipinski definition) is 0. The van der Waals surface area contributed by atoms with Gasteiger partial charge in [-0.2, -0.15) is 0 Å². The average Bonchev–Trinajstić information content (AvgIpc) is 2.93. The Labute approximate surface area is 148 Å². The largest absolute Gasteiger partial charge is 0.493 e. The number of allylic oxidation sites excluding steroid dienone is 5. The Bertz CT molecular complexity index is 544. The standard InChI is InChI=1S/C23H34O/c1-16-3-5-18(6-4-16)21-13-17(2)14-22(15-21)19-7-8-20-11-12-24-23(20)10-9-19/h8-10,16-18,21-22H,3-7,11-15H2,1-2H3. The van der Waals surface area contributed by atoms with Gasteiger partial charge in [0.25, 0.3) is 0 Å². The van der Waals surface area contributed by atoms with Gasteiger partial charge in [0.2, 0.25) is 0 Å². The average molecular weight is 327 g/mol. The summed E-state index contributed by atoms with van der Waals surface area (Å²) in [6, 6.07) is 0. The molecule has 0 aromatic rings. The number of ether oxygens (including phenoxy) is 1. The molecule has 3 unspecified atom stereocenters. The fraction of sp³-hybridized carbons (Fsp3) is 0.739. The monoisotopic (exact) mass is 326 g/mol. The molecule has 3 fully saturated rings. The highest BCUT2D eigenvalue weighted by molar-refractivity contribution is 5.37. The summed E-state index contributed by atoms with van der Waals surface area (Å²) >= 11 is 0. The molecule has 0 aromatic carbocycles. The molecule has 0 amide bonds. The maximum Gasteiger partial charge on any atom is 0.122 e. The topological polar surface area (TPSA) is 9.23 Å². The first-order chi connectivity index (χ1) is 11.7. The van der Waals surface area contributed by atoms with Crippen LogP contribution in [0, 0.1) is 29.6 Å². The van der Waals surface area contributed by atoms with Crippen molar-refractivity contribution in [1.82, 2.24) is 0 Å². The van der Waals surface area contributed by atoms with Crippen molar-refractivity contribution < 1.29 is 4.74 Å². The SMILES string of the molecule is CC1CCC(C2CC(C)CC(C3=CC=C4OCCC4=CC3)C2)CC1. The highest BCUT2D eigenvalue weighted by Gasteiger charge is 2.34. The molecule has 0 bridgehead atoms. The summed E-state index contributed by atoms with van der Waals surface area (Å²) in [5.74, 6) is 5.81. The van der Waals surface area contributed by atoms with Gasteiger partial charge in [-0.15, -0.1) is 0 Å². The molecule has 0 spiro atoms. The lowest BCUT2D eigenvalue weighted by molar-refractivity contribution is 0.125. The molecule has 1 heterocycles. The van der Waals surface area contributed by atoms with Crippen molar-refractivity contribution in [3.63, 3.8) is 0 Å². The van der Waals surface area contributed by atoms with Gasteiger partial charge in [-0.05, 0) is 79.8 Å². The van der Waals surface area contributed by atoms with Crippen molar-refractivity contribution in [3.05, 3.63) is 35.1 Å². The zero-order valence-electron chi connectivity index (χ0n) is 15.6. The van der Waals surface area contributed by atoms with E-state index in [1.54, 1.807) is 5.57 Å². The summed E-state index contributed by atoms with van der Waals surface area (Å²) in [4.78, 5) is 0. The number of fused-ring (bicyclic) bond motifs is 1. The van der Waals surface area contributed by atoms with Crippen LogP contribution in [0.25, 0.3) is 0 Å². The molecule has 0 radical (unpaired) electrons. The van der Waals surface area contributed by atoms with Crippen molar-refractivity contribution in [3.8, 4) is 0 Å². The third kappa shape index (κ3) is 3.51. The zero-order valence-corrected chi connectivity index (χ0v) is 15.6. The van der Waals surface area contributed by atoms with E-state index in [1.165, 1.54) is 50.5 Å². The van der Waals surface area contributed by atoms with Crippen LogP contribution in [0.4, 0.5) is 0 Å². The Hall–Kier alpha value is -0.980. The summed E-state index contributed by atoms with van der Waals surface area (Å²) < 4.78 is 5.77. The van der Waals surface area contributed by atoms with Gasteiger partial charge < -0.3 is 4.74 Å². The molecule has 132 valence electrons. The molecule has 3 atom stereocenters. The van der Waals surface area contributed by atoms with Crippen molar-refractivity contribution in [2.45, 2.75) is 71.6 Å². The Morgan fingerprint density at radius 2 is 1.71 bits per heavy atom. The number of rotatable bonds is 2. The van der Waals surface area contributed by atoms with Crippen molar-refractivity contribution in [2.75, 3.05) is 6.61 Å². The first-order valence-corrected chi connectivity index (χ1v) is 10.4. The number of hydrogen-bond acceptors (Lipinski definition) is 1. The van der Waals surface area contributed by atoms with Crippen LogP contribution in [0.15, 0.2) is 35.1 Å². The molecule has 2 saturated carbocycles. The highest BCUT2D eigenvalue weighted by atomic mass is 16.5. The van der Waals surface area contributed by atoms with Crippen LogP contribution in [-0.2, 0) is 4.74 Å². The predicted molar refractivity (Wildman–Crippen MR) is 101 cm³/mol. The lowest BCUT2D eigenvalue weighted by atomic mass is 9.65. The highest BCUT2D eigenvalue weighted by Crippen LogP contribution is 2.46. The minimum Gasteiger partial charge on any atom is -0.493 e. The second kappa shape index (κ2) is 7.10. The molecule has 1 nitrogen and oxygen atoms in total. The van der Waals surface area contributed by atoms with E-state index in [0.717, 1.165) is 54.8 Å². The normalized spacial score (nSPS) is 39.9. The lowest BCUT2D eigenvalue weighted by Gasteiger charge is -2.41. The summed E-state index contributed by atoms with van der Waals surface area (Å²) in [6.45, 7) is 5.82. The molecule has 1 aliphatic heterocycles. The molecular weight excluding hydrogens is 292 g/mol. The van der Waals surface area contributed by atoms with Crippen molar-refractivity contribution >= 4 is 0 Å². The van der Waals surface area contributed by atoms with E-state index >= 15 is 0 Å². The Balaban J connectivity index is 1.45. The first-order valence-electron chi connectivity index (χ1n) is 10.4. The van der Waals surface area contributed by atoms with E-state index < -0.39 is 0 Å². The lowest BCUT2D eigenvalue weighted by Crippen LogP contribution is -2.30. The van der Waals surface area contributed by atoms with Gasteiger partial charge in [0, 0.05) is 6.42 Å². The first kappa shape index (κ1) is 16.5. The van der Waals surface area contributed by atoms with Gasteiger partial charge in [0.1, 0.15) is 5.76 Å². The molecule has 3 aliphatic carbocycles. The van der Waals surface area contributed by atoms with Gasteiger partial charge in [-0.1, -0.05) is 44.4 Å². The molecule has 1 heteroatoms. The fourth-order valence-corrected chi connectivity index (χ4v) is 5.74. The van der Waals surface area contributed by atoms with Crippen LogP contribution in [0.2, 0.25) is 0 Å². The Kier molecular flexibility index (Phi) is 4.88. The molecule has 4 rings (SSSR count). The van der Waals surface area contributed by atoms with Gasteiger partial charge >= 0.3 is 0 Å².